The second kappa shape index (κ2) is 12.7. The van der Waals surface area contributed by atoms with Gasteiger partial charge in [-0.3, -0.25) is 9.36 Å². The molecule has 8 nitrogen and oxygen atoms in total. The lowest BCUT2D eigenvalue weighted by atomic mass is 9.95. The van der Waals surface area contributed by atoms with E-state index in [0.717, 1.165) is 16.7 Å². The van der Waals surface area contributed by atoms with E-state index in [1.54, 1.807) is 22.8 Å². The van der Waals surface area contributed by atoms with E-state index < -0.39 is 12.0 Å². The molecular formula is C33H29N3O5S. The Morgan fingerprint density at radius 3 is 2.48 bits per heavy atom. The van der Waals surface area contributed by atoms with Crippen molar-refractivity contribution in [1.82, 2.24) is 4.57 Å². The summed E-state index contributed by atoms with van der Waals surface area (Å²) in [5.41, 5.74) is 3.79. The van der Waals surface area contributed by atoms with E-state index >= 15 is 0 Å². The third-order valence-electron chi connectivity index (χ3n) is 6.81. The first-order valence-electron chi connectivity index (χ1n) is 13.5. The fraction of sp³-hybridized carbons (Fsp3) is 0.212. The van der Waals surface area contributed by atoms with Crippen LogP contribution in [-0.2, 0) is 16.1 Å². The molecule has 1 aliphatic heterocycles. The minimum atomic E-state index is -0.649. The maximum absolute atomic E-state index is 13.9. The van der Waals surface area contributed by atoms with Gasteiger partial charge in [0.1, 0.15) is 6.61 Å². The van der Waals surface area contributed by atoms with Gasteiger partial charge in [0.2, 0.25) is 0 Å². The number of ether oxygens (including phenoxy) is 3. The summed E-state index contributed by atoms with van der Waals surface area (Å²) >= 11 is 1.28. The summed E-state index contributed by atoms with van der Waals surface area (Å²) in [5.74, 6) is 0.618. The molecule has 3 aromatic carbocycles. The topological polar surface area (TPSA) is 103 Å². The molecule has 1 aromatic heterocycles. The summed E-state index contributed by atoms with van der Waals surface area (Å²) in [6.07, 6.45) is 2.31. The quantitative estimate of drug-likeness (QED) is 0.268. The first-order chi connectivity index (χ1) is 20.5. The van der Waals surface area contributed by atoms with Gasteiger partial charge in [-0.15, -0.1) is 0 Å². The Morgan fingerprint density at radius 1 is 1.05 bits per heavy atom. The zero-order chi connectivity index (χ0) is 29.6. The number of hydrogen-bond acceptors (Lipinski definition) is 8. The van der Waals surface area contributed by atoms with Crippen LogP contribution in [0.2, 0.25) is 0 Å². The number of thiazole rings is 1. The van der Waals surface area contributed by atoms with Gasteiger partial charge in [0, 0.05) is 0 Å². The van der Waals surface area contributed by atoms with Crippen LogP contribution in [0.5, 0.6) is 11.5 Å². The summed E-state index contributed by atoms with van der Waals surface area (Å²) in [6, 6.07) is 23.6. The van der Waals surface area contributed by atoms with Crippen LogP contribution in [0, 0.1) is 11.3 Å². The van der Waals surface area contributed by atoms with Gasteiger partial charge >= 0.3 is 5.97 Å². The number of nitrogens with zero attached hydrogens (tertiary/aromatic N) is 3. The molecule has 4 aromatic rings. The van der Waals surface area contributed by atoms with Crippen LogP contribution in [0.25, 0.3) is 6.08 Å². The average molecular weight is 580 g/mol. The predicted molar refractivity (Wildman–Crippen MR) is 160 cm³/mol. The standard InChI is InChI=1S/C33H29N3O5S/c1-4-25-29(32(38)39-3)30(24-9-7-6-8-10-24)36-31(37)28(42-33(36)35-25)18-23-15-16-26(27(17-23)40-5-2)41-20-22-13-11-21(19-34)12-14-22/h6-18,30H,4-5,20H2,1-3H3/b28-18+/t30-/m0/s1. The number of methoxy groups -OCH3 is 1. The van der Waals surface area contributed by atoms with Gasteiger partial charge in [-0.2, -0.15) is 5.26 Å². The van der Waals surface area contributed by atoms with E-state index in [-0.39, 0.29) is 5.56 Å². The van der Waals surface area contributed by atoms with Gasteiger partial charge in [0.15, 0.2) is 16.3 Å². The Kier molecular flexibility index (Phi) is 8.65. The highest BCUT2D eigenvalue weighted by Crippen LogP contribution is 2.32. The van der Waals surface area contributed by atoms with Crippen molar-refractivity contribution in [2.24, 2.45) is 4.99 Å². The number of nitriles is 1. The summed E-state index contributed by atoms with van der Waals surface area (Å²) < 4.78 is 19.1. The zero-order valence-corrected chi connectivity index (χ0v) is 24.3. The second-order valence-electron chi connectivity index (χ2n) is 9.44. The predicted octanol–water partition coefficient (Wildman–Crippen LogP) is 4.65. The Hall–Kier alpha value is -4.94. The van der Waals surface area contributed by atoms with Crippen molar-refractivity contribution in [2.45, 2.75) is 32.9 Å². The van der Waals surface area contributed by atoms with Gasteiger partial charge in [0.25, 0.3) is 5.56 Å². The number of benzene rings is 3. The molecule has 1 atom stereocenters. The first-order valence-corrected chi connectivity index (χ1v) is 14.4. The van der Waals surface area contributed by atoms with Gasteiger partial charge < -0.3 is 14.2 Å². The molecule has 0 fully saturated rings. The molecule has 9 heteroatoms. The highest BCUT2D eigenvalue weighted by atomic mass is 32.1. The van der Waals surface area contributed by atoms with Gasteiger partial charge in [0.05, 0.1) is 47.2 Å². The Bertz CT molecular complexity index is 1870. The Balaban J connectivity index is 1.54. The van der Waals surface area contributed by atoms with Gasteiger partial charge in [-0.1, -0.05) is 66.8 Å². The molecule has 0 radical (unpaired) electrons. The van der Waals surface area contributed by atoms with Crippen molar-refractivity contribution in [3.05, 3.63) is 126 Å². The third kappa shape index (κ3) is 5.76. The van der Waals surface area contributed by atoms with Crippen LogP contribution in [0.3, 0.4) is 0 Å². The van der Waals surface area contributed by atoms with Crippen molar-refractivity contribution in [1.29, 1.82) is 5.26 Å². The van der Waals surface area contributed by atoms with Crippen LogP contribution < -0.4 is 24.4 Å². The van der Waals surface area contributed by atoms with Crippen LogP contribution in [0.4, 0.5) is 0 Å². The molecule has 0 saturated heterocycles. The minimum Gasteiger partial charge on any atom is -0.490 e. The smallest absolute Gasteiger partial charge is 0.338 e. The van der Waals surface area contributed by atoms with Gasteiger partial charge in [-0.25, -0.2) is 9.79 Å². The Labute approximate surface area is 247 Å². The van der Waals surface area contributed by atoms with E-state index in [1.165, 1.54) is 18.4 Å². The summed E-state index contributed by atoms with van der Waals surface area (Å²) in [5, 5.41) is 9.01. The maximum Gasteiger partial charge on any atom is 0.338 e. The summed E-state index contributed by atoms with van der Waals surface area (Å²) in [6.45, 7) is 4.57. The SMILES string of the molecule is CCOc1cc(/C=c2/sc3n(c2=O)[C@@H](c2ccccc2)C(C(=O)OC)=C(CC)N=3)ccc1OCc1ccc(C#N)cc1. The summed E-state index contributed by atoms with van der Waals surface area (Å²) in [7, 11) is 1.34. The summed E-state index contributed by atoms with van der Waals surface area (Å²) in [4.78, 5) is 32.1. The van der Waals surface area contributed by atoms with Crippen molar-refractivity contribution < 1.29 is 19.0 Å². The van der Waals surface area contributed by atoms with E-state index in [1.807, 2.05) is 74.5 Å². The van der Waals surface area contributed by atoms with E-state index in [4.69, 9.17) is 24.5 Å². The lowest BCUT2D eigenvalue weighted by molar-refractivity contribution is -0.136. The number of carbonyl (C=O) groups excluding carboxylic acids is 1. The molecular weight excluding hydrogens is 550 g/mol. The average Bonchev–Trinajstić information content (AvgIpc) is 3.34. The molecule has 0 unspecified atom stereocenters. The molecule has 0 amide bonds. The molecule has 0 bridgehead atoms. The molecule has 0 N–H and O–H groups in total. The molecule has 5 rings (SSSR count). The number of allylic oxidation sites excluding steroid dienone is 1. The fourth-order valence-corrected chi connectivity index (χ4v) is 5.82. The van der Waals surface area contributed by atoms with Crippen LogP contribution in [0.15, 0.2) is 93.9 Å². The van der Waals surface area contributed by atoms with E-state index in [9.17, 15) is 9.59 Å². The van der Waals surface area contributed by atoms with E-state index in [0.29, 0.717) is 57.3 Å². The number of carbonyl (C=O) groups is 1. The number of hydrogen-bond donors (Lipinski definition) is 0. The number of rotatable bonds is 9. The monoisotopic (exact) mass is 579 g/mol. The van der Waals surface area contributed by atoms with Crippen molar-refractivity contribution in [2.75, 3.05) is 13.7 Å². The lowest BCUT2D eigenvalue weighted by Crippen LogP contribution is -2.40. The molecule has 0 saturated carbocycles. The van der Waals surface area contributed by atoms with Crippen molar-refractivity contribution in [3.63, 3.8) is 0 Å². The second-order valence-corrected chi connectivity index (χ2v) is 10.4. The highest BCUT2D eigenvalue weighted by Gasteiger charge is 2.33. The normalized spacial score (nSPS) is 14.5. The fourth-order valence-electron chi connectivity index (χ4n) is 4.80. The Morgan fingerprint density at radius 2 is 1.81 bits per heavy atom. The molecule has 212 valence electrons. The lowest BCUT2D eigenvalue weighted by Gasteiger charge is -2.25. The molecule has 1 aliphatic rings. The zero-order valence-electron chi connectivity index (χ0n) is 23.5. The van der Waals surface area contributed by atoms with Crippen molar-refractivity contribution in [3.8, 4) is 17.6 Å². The third-order valence-corrected chi connectivity index (χ3v) is 7.79. The highest BCUT2D eigenvalue weighted by molar-refractivity contribution is 7.07. The van der Waals surface area contributed by atoms with Crippen LogP contribution in [0.1, 0.15) is 48.6 Å². The number of fused-ring (bicyclic) bond motifs is 1. The van der Waals surface area contributed by atoms with Crippen LogP contribution in [-0.4, -0.2) is 24.3 Å². The van der Waals surface area contributed by atoms with E-state index in [2.05, 4.69) is 6.07 Å². The first kappa shape index (κ1) is 28.6. The number of aromatic nitrogens is 1. The molecule has 0 spiro atoms. The molecule has 0 aliphatic carbocycles. The number of esters is 1. The van der Waals surface area contributed by atoms with Gasteiger partial charge in [-0.05, 0) is 60.4 Å². The molecule has 42 heavy (non-hydrogen) atoms. The maximum atomic E-state index is 13.9. The van der Waals surface area contributed by atoms with Crippen molar-refractivity contribution >= 4 is 23.4 Å². The van der Waals surface area contributed by atoms with Crippen LogP contribution >= 0.6 is 11.3 Å². The largest absolute Gasteiger partial charge is 0.490 e. The molecule has 2 heterocycles. The minimum absolute atomic E-state index is 0.247.